The van der Waals surface area contributed by atoms with Crippen molar-refractivity contribution in [3.63, 3.8) is 0 Å². The molecule has 3 atom stereocenters. The third-order valence-electron chi connectivity index (χ3n) is 7.27. The predicted molar refractivity (Wildman–Crippen MR) is 168 cm³/mol. The molecule has 0 radical (unpaired) electrons. The van der Waals surface area contributed by atoms with Crippen LogP contribution < -0.4 is 0 Å². The molecule has 9 nitrogen and oxygen atoms in total. The summed E-state index contributed by atoms with van der Waals surface area (Å²) in [4.78, 5) is 37.3. The maximum Gasteiger partial charge on any atom is 0.314 e. The summed E-state index contributed by atoms with van der Waals surface area (Å²) in [5.41, 5.74) is 0.869. The van der Waals surface area contributed by atoms with Crippen LogP contribution in [0.1, 0.15) is 80.6 Å². The van der Waals surface area contributed by atoms with Gasteiger partial charge >= 0.3 is 11.9 Å². The second kappa shape index (κ2) is 16.8. The van der Waals surface area contributed by atoms with Crippen molar-refractivity contribution < 1.29 is 41.7 Å². The summed E-state index contributed by atoms with van der Waals surface area (Å²) in [6.07, 6.45) is 8.77. The Morgan fingerprint density at radius 3 is 2.34 bits per heavy atom. The topological polar surface area (TPSA) is 122 Å². The molecule has 0 aliphatic carbocycles. The van der Waals surface area contributed by atoms with E-state index in [2.05, 4.69) is 0 Å². The SMILES string of the molecule is CCOC(=O)[C@@](C)(C/C=C(C)/C=C/CC/C=C(\C)COC(C)=O)[C@H]1C[C@@H](CC(=O)CS(=O)(=O)c2ccccc2)OC(C)(C)O1. The first-order valence-electron chi connectivity index (χ1n) is 15.0. The molecule has 1 saturated heterocycles. The molecule has 1 heterocycles. The first-order chi connectivity index (χ1) is 20.6. The van der Waals surface area contributed by atoms with Crippen molar-refractivity contribution in [1.29, 1.82) is 0 Å². The second-order valence-corrected chi connectivity index (χ2v) is 13.9. The maximum atomic E-state index is 13.3. The molecule has 0 amide bonds. The van der Waals surface area contributed by atoms with Crippen molar-refractivity contribution in [3.05, 3.63) is 65.8 Å². The fourth-order valence-corrected chi connectivity index (χ4v) is 6.19. The highest BCUT2D eigenvalue weighted by atomic mass is 32.2. The number of ketones is 1. The number of ether oxygens (including phenoxy) is 4. The van der Waals surface area contributed by atoms with Gasteiger partial charge in [-0.05, 0) is 78.5 Å². The van der Waals surface area contributed by atoms with E-state index in [4.69, 9.17) is 18.9 Å². The molecule has 244 valence electrons. The van der Waals surface area contributed by atoms with Gasteiger partial charge in [-0.15, -0.1) is 0 Å². The number of hydrogen-bond donors (Lipinski definition) is 0. The van der Waals surface area contributed by atoms with Gasteiger partial charge in [0.25, 0.3) is 0 Å². The number of allylic oxidation sites excluding steroid dienone is 5. The molecule has 10 heteroatoms. The lowest BCUT2D eigenvalue weighted by molar-refractivity contribution is -0.315. The third kappa shape index (κ3) is 12.1. The van der Waals surface area contributed by atoms with Crippen molar-refractivity contribution in [3.8, 4) is 0 Å². The Balaban J connectivity index is 2.13. The number of rotatable bonds is 16. The average Bonchev–Trinajstić information content (AvgIpc) is 2.94. The lowest BCUT2D eigenvalue weighted by Gasteiger charge is -2.46. The number of esters is 2. The van der Waals surface area contributed by atoms with E-state index in [1.165, 1.54) is 19.1 Å². The smallest absolute Gasteiger partial charge is 0.314 e. The molecule has 1 fully saturated rings. The lowest BCUT2D eigenvalue weighted by atomic mass is 9.77. The number of hydrogen-bond acceptors (Lipinski definition) is 9. The molecular formula is C34H48O9S. The molecule has 1 aliphatic heterocycles. The quantitative estimate of drug-likeness (QED) is 0.0923. The van der Waals surface area contributed by atoms with Gasteiger partial charge in [0.05, 0.1) is 29.1 Å². The van der Waals surface area contributed by atoms with Crippen molar-refractivity contribution in [2.75, 3.05) is 19.0 Å². The van der Waals surface area contributed by atoms with E-state index in [0.717, 1.165) is 24.0 Å². The van der Waals surface area contributed by atoms with Gasteiger partial charge in [0.15, 0.2) is 21.4 Å². The van der Waals surface area contributed by atoms with Crippen molar-refractivity contribution in [2.24, 2.45) is 5.41 Å². The van der Waals surface area contributed by atoms with E-state index in [1.807, 2.05) is 38.2 Å². The van der Waals surface area contributed by atoms with Gasteiger partial charge in [-0.1, -0.05) is 48.1 Å². The number of unbranched alkanes of at least 4 members (excludes halogenated alkanes) is 1. The standard InChI is InChI=1S/C34H48O9S/c1-8-40-32(37)34(7,20-19-25(2)15-11-9-12-16-26(3)23-41-27(4)35)31-22-29(42-33(5,6)43-31)21-28(36)24-44(38,39)30-17-13-10-14-18-30/h10-11,13-19,29,31H,8-9,12,20-24H2,1-7H3/b15-11+,25-19+,26-16+/t29-,31-,34+/m1/s1. The average molecular weight is 633 g/mol. The molecule has 0 spiro atoms. The molecule has 0 bridgehead atoms. The number of carbonyl (C=O) groups is 3. The van der Waals surface area contributed by atoms with Crippen LogP contribution in [-0.2, 0) is 43.2 Å². The Morgan fingerprint density at radius 2 is 1.70 bits per heavy atom. The molecule has 0 N–H and O–H groups in total. The molecule has 1 aliphatic rings. The van der Waals surface area contributed by atoms with E-state index in [9.17, 15) is 22.8 Å². The normalized spacial score (nSPS) is 20.6. The molecule has 1 aromatic carbocycles. The van der Waals surface area contributed by atoms with Crippen molar-refractivity contribution in [1.82, 2.24) is 0 Å². The Labute approximate surface area is 262 Å². The Morgan fingerprint density at radius 1 is 1.02 bits per heavy atom. The summed E-state index contributed by atoms with van der Waals surface area (Å²) in [6.45, 7) is 12.7. The minimum atomic E-state index is -3.79. The van der Waals surface area contributed by atoms with E-state index in [0.29, 0.717) is 6.42 Å². The Kier molecular flexibility index (Phi) is 14.2. The summed E-state index contributed by atoms with van der Waals surface area (Å²) in [7, 11) is -3.79. The molecule has 0 unspecified atom stereocenters. The zero-order chi connectivity index (χ0) is 33.0. The predicted octanol–water partition coefficient (Wildman–Crippen LogP) is 6.08. The monoisotopic (exact) mass is 632 g/mol. The minimum absolute atomic E-state index is 0.0939. The van der Waals surface area contributed by atoms with Crippen LogP contribution in [0.3, 0.4) is 0 Å². The molecule has 44 heavy (non-hydrogen) atoms. The highest BCUT2D eigenvalue weighted by Crippen LogP contribution is 2.41. The Bertz CT molecular complexity index is 1330. The summed E-state index contributed by atoms with van der Waals surface area (Å²) in [6, 6.07) is 7.87. The van der Waals surface area contributed by atoms with E-state index < -0.39 is 50.8 Å². The van der Waals surface area contributed by atoms with Crippen LogP contribution in [0.5, 0.6) is 0 Å². The van der Waals surface area contributed by atoms with Crippen LogP contribution in [0.25, 0.3) is 0 Å². The first-order valence-corrected chi connectivity index (χ1v) is 16.7. The fourth-order valence-electron chi connectivity index (χ4n) is 4.91. The van der Waals surface area contributed by atoms with E-state index in [1.54, 1.807) is 45.9 Å². The summed E-state index contributed by atoms with van der Waals surface area (Å²) in [5.74, 6) is -2.93. The van der Waals surface area contributed by atoms with Gasteiger partial charge < -0.3 is 18.9 Å². The van der Waals surface area contributed by atoms with Gasteiger partial charge in [0.2, 0.25) is 0 Å². The summed E-state index contributed by atoms with van der Waals surface area (Å²) in [5, 5.41) is 0. The highest BCUT2D eigenvalue weighted by molar-refractivity contribution is 7.92. The summed E-state index contributed by atoms with van der Waals surface area (Å²) >= 11 is 0. The van der Waals surface area contributed by atoms with Crippen LogP contribution in [0.4, 0.5) is 0 Å². The van der Waals surface area contributed by atoms with Gasteiger partial charge in [0, 0.05) is 19.8 Å². The lowest BCUT2D eigenvalue weighted by Crippen LogP contribution is -2.53. The number of Topliss-reactive ketones (excluding diaryl/α,β-unsaturated/α-hetero) is 1. The zero-order valence-electron chi connectivity index (χ0n) is 27.1. The molecule has 0 saturated carbocycles. The van der Waals surface area contributed by atoms with Gasteiger partial charge in [-0.25, -0.2) is 8.42 Å². The number of carbonyl (C=O) groups excluding carboxylic acids is 3. The Hall–Kier alpha value is -3.08. The minimum Gasteiger partial charge on any atom is -0.465 e. The van der Waals surface area contributed by atoms with Gasteiger partial charge in [-0.2, -0.15) is 0 Å². The highest BCUT2D eigenvalue weighted by Gasteiger charge is 2.49. The molecule has 2 rings (SSSR count). The second-order valence-electron chi connectivity index (χ2n) is 11.9. The van der Waals surface area contributed by atoms with Gasteiger partial charge in [0.1, 0.15) is 12.4 Å². The van der Waals surface area contributed by atoms with E-state index in [-0.39, 0.29) is 36.9 Å². The van der Waals surface area contributed by atoms with Gasteiger partial charge in [-0.3, -0.25) is 14.4 Å². The number of sulfone groups is 1. The number of benzene rings is 1. The first kappa shape index (κ1) is 37.1. The van der Waals surface area contributed by atoms with Crippen LogP contribution >= 0.6 is 0 Å². The van der Waals surface area contributed by atoms with Crippen LogP contribution in [0, 0.1) is 5.41 Å². The fraction of sp³-hybridized carbons (Fsp3) is 0.559. The van der Waals surface area contributed by atoms with E-state index >= 15 is 0 Å². The van der Waals surface area contributed by atoms with Crippen molar-refractivity contribution >= 4 is 27.6 Å². The molecule has 0 aromatic heterocycles. The van der Waals surface area contributed by atoms with Crippen LogP contribution in [0.2, 0.25) is 0 Å². The summed E-state index contributed by atoms with van der Waals surface area (Å²) < 4.78 is 48.3. The largest absolute Gasteiger partial charge is 0.465 e. The molecule has 1 aromatic rings. The maximum absolute atomic E-state index is 13.3. The van der Waals surface area contributed by atoms with Crippen molar-refractivity contribution in [2.45, 2.75) is 103 Å². The third-order valence-corrected chi connectivity index (χ3v) is 8.97. The zero-order valence-corrected chi connectivity index (χ0v) is 27.9. The van der Waals surface area contributed by atoms with Crippen LogP contribution in [0.15, 0.2) is 70.7 Å². The van der Waals surface area contributed by atoms with Crippen LogP contribution in [-0.4, -0.2) is 63.1 Å². The molecular weight excluding hydrogens is 584 g/mol.